The Labute approximate surface area is 151 Å². The molecule has 6 nitrogen and oxygen atoms in total. The molecule has 1 aromatic carbocycles. The standard InChI is InChI=1S/C16H23F3N2O4S/c1-15(2,3)25-14(22)20-13(10-26(23,24)21(4)5)11-7-6-8-12(9-11)16(17,18)19/h6-9,13H,10H2,1-5H3,(H,20,22). The van der Waals surface area contributed by atoms with Gasteiger partial charge in [-0.05, 0) is 38.5 Å². The Bertz CT molecular complexity index is 741. The van der Waals surface area contributed by atoms with Gasteiger partial charge in [-0.15, -0.1) is 0 Å². The van der Waals surface area contributed by atoms with Crippen molar-refractivity contribution in [2.24, 2.45) is 0 Å². The molecule has 1 unspecified atom stereocenters. The monoisotopic (exact) mass is 396 g/mol. The number of sulfonamides is 1. The summed E-state index contributed by atoms with van der Waals surface area (Å²) in [5.41, 5.74) is -1.77. The van der Waals surface area contributed by atoms with E-state index in [2.05, 4.69) is 5.32 Å². The van der Waals surface area contributed by atoms with E-state index in [1.54, 1.807) is 20.8 Å². The predicted octanol–water partition coefficient (Wildman–Crippen LogP) is 3.16. The second kappa shape index (κ2) is 7.83. The van der Waals surface area contributed by atoms with E-state index in [0.29, 0.717) is 0 Å². The van der Waals surface area contributed by atoms with Crippen molar-refractivity contribution in [3.63, 3.8) is 0 Å². The molecule has 0 aliphatic heterocycles. The predicted molar refractivity (Wildman–Crippen MR) is 91.0 cm³/mol. The number of alkyl carbamates (subject to hydrolysis) is 1. The van der Waals surface area contributed by atoms with Gasteiger partial charge in [0.25, 0.3) is 0 Å². The first kappa shape index (κ1) is 22.2. The molecule has 1 aromatic rings. The number of rotatable bonds is 5. The zero-order valence-electron chi connectivity index (χ0n) is 15.2. The Balaban J connectivity index is 3.22. The number of carbonyl (C=O) groups is 1. The van der Waals surface area contributed by atoms with E-state index in [1.165, 1.54) is 20.2 Å². The SMILES string of the molecule is CN(C)S(=O)(=O)CC(NC(=O)OC(C)(C)C)c1cccc(C(F)(F)F)c1. The third-order valence-electron chi connectivity index (χ3n) is 3.24. The summed E-state index contributed by atoms with van der Waals surface area (Å²) in [4.78, 5) is 12.0. The molecule has 0 fully saturated rings. The smallest absolute Gasteiger partial charge is 0.416 e. The molecule has 0 heterocycles. The molecule has 0 saturated carbocycles. The Kier molecular flexibility index (Phi) is 6.69. The molecule has 0 radical (unpaired) electrons. The summed E-state index contributed by atoms with van der Waals surface area (Å²) in [6.07, 6.45) is -5.51. The Morgan fingerprint density at radius 3 is 2.27 bits per heavy atom. The van der Waals surface area contributed by atoms with Crippen LogP contribution < -0.4 is 5.32 Å². The summed E-state index contributed by atoms with van der Waals surface area (Å²) < 4.78 is 69.2. The van der Waals surface area contributed by atoms with Crippen LogP contribution in [0.5, 0.6) is 0 Å². The molecular formula is C16H23F3N2O4S. The zero-order valence-corrected chi connectivity index (χ0v) is 16.0. The van der Waals surface area contributed by atoms with E-state index < -0.39 is 45.3 Å². The van der Waals surface area contributed by atoms with Crippen LogP contribution in [0.15, 0.2) is 24.3 Å². The number of nitrogens with one attached hydrogen (secondary N) is 1. The molecule has 10 heteroatoms. The van der Waals surface area contributed by atoms with Crippen LogP contribution in [0, 0.1) is 0 Å². The minimum Gasteiger partial charge on any atom is -0.444 e. The number of alkyl halides is 3. The molecule has 148 valence electrons. The number of nitrogens with zero attached hydrogens (tertiary/aromatic N) is 1. The summed E-state index contributed by atoms with van der Waals surface area (Å²) >= 11 is 0. The van der Waals surface area contributed by atoms with Crippen LogP contribution >= 0.6 is 0 Å². The van der Waals surface area contributed by atoms with Crippen LogP contribution in [0.4, 0.5) is 18.0 Å². The lowest BCUT2D eigenvalue weighted by molar-refractivity contribution is -0.137. The summed E-state index contributed by atoms with van der Waals surface area (Å²) in [6.45, 7) is 4.84. The lowest BCUT2D eigenvalue weighted by Gasteiger charge is -2.25. The molecule has 0 spiro atoms. The number of hydrogen-bond donors (Lipinski definition) is 1. The maximum Gasteiger partial charge on any atom is 0.416 e. The first-order chi connectivity index (χ1) is 11.6. The van der Waals surface area contributed by atoms with Gasteiger partial charge in [-0.2, -0.15) is 13.2 Å². The lowest BCUT2D eigenvalue weighted by Crippen LogP contribution is -2.39. The van der Waals surface area contributed by atoms with Gasteiger partial charge in [-0.1, -0.05) is 12.1 Å². The highest BCUT2D eigenvalue weighted by molar-refractivity contribution is 7.89. The van der Waals surface area contributed by atoms with Gasteiger partial charge in [0.15, 0.2) is 0 Å². The highest BCUT2D eigenvalue weighted by Crippen LogP contribution is 2.31. The Morgan fingerprint density at radius 2 is 1.81 bits per heavy atom. The van der Waals surface area contributed by atoms with Gasteiger partial charge < -0.3 is 10.1 Å². The number of carbonyl (C=O) groups excluding carboxylic acids is 1. The fraction of sp³-hybridized carbons (Fsp3) is 0.562. The summed E-state index contributed by atoms with van der Waals surface area (Å²) in [6, 6.07) is 2.95. The van der Waals surface area contributed by atoms with Crippen molar-refractivity contribution in [1.29, 1.82) is 0 Å². The maximum atomic E-state index is 12.9. The third kappa shape index (κ3) is 6.83. The van der Waals surface area contributed by atoms with Crippen LogP contribution in [0.3, 0.4) is 0 Å². The van der Waals surface area contributed by atoms with Gasteiger partial charge in [0.05, 0.1) is 17.4 Å². The Morgan fingerprint density at radius 1 is 1.23 bits per heavy atom. The molecule has 1 N–H and O–H groups in total. The van der Waals surface area contributed by atoms with E-state index in [0.717, 1.165) is 22.5 Å². The number of hydrogen-bond acceptors (Lipinski definition) is 4. The average molecular weight is 396 g/mol. The fourth-order valence-corrected chi connectivity index (χ4v) is 2.96. The maximum absolute atomic E-state index is 12.9. The second-order valence-corrected chi connectivity index (χ2v) is 9.11. The molecular weight excluding hydrogens is 373 g/mol. The number of ether oxygens (including phenoxy) is 1. The first-order valence-electron chi connectivity index (χ1n) is 7.69. The largest absolute Gasteiger partial charge is 0.444 e. The highest BCUT2D eigenvalue weighted by atomic mass is 32.2. The van der Waals surface area contributed by atoms with Crippen LogP contribution in [-0.4, -0.2) is 44.3 Å². The van der Waals surface area contributed by atoms with E-state index in [1.807, 2.05) is 0 Å². The van der Waals surface area contributed by atoms with Crippen LogP contribution in [0.25, 0.3) is 0 Å². The van der Waals surface area contributed by atoms with Crippen molar-refractivity contribution in [3.8, 4) is 0 Å². The minimum atomic E-state index is -4.59. The molecule has 0 saturated heterocycles. The van der Waals surface area contributed by atoms with Crippen molar-refractivity contribution in [1.82, 2.24) is 9.62 Å². The molecule has 0 aromatic heterocycles. The topological polar surface area (TPSA) is 75.7 Å². The normalized spacial score (nSPS) is 14.2. The number of amides is 1. The zero-order chi connectivity index (χ0) is 20.3. The number of benzene rings is 1. The highest BCUT2D eigenvalue weighted by Gasteiger charge is 2.32. The van der Waals surface area contributed by atoms with Gasteiger partial charge in [0.1, 0.15) is 5.60 Å². The summed E-state index contributed by atoms with van der Waals surface area (Å²) in [5.74, 6) is -0.611. The summed E-state index contributed by atoms with van der Waals surface area (Å²) in [7, 11) is -1.21. The van der Waals surface area contributed by atoms with E-state index in [4.69, 9.17) is 4.74 Å². The van der Waals surface area contributed by atoms with E-state index >= 15 is 0 Å². The molecule has 0 aliphatic rings. The lowest BCUT2D eigenvalue weighted by atomic mass is 10.0. The second-order valence-electron chi connectivity index (χ2n) is 6.88. The van der Waals surface area contributed by atoms with Crippen molar-refractivity contribution in [2.75, 3.05) is 19.8 Å². The molecule has 1 rings (SSSR count). The van der Waals surface area contributed by atoms with Crippen molar-refractivity contribution in [2.45, 2.75) is 38.6 Å². The Hall–Kier alpha value is -1.81. The first-order valence-corrected chi connectivity index (χ1v) is 9.29. The molecule has 0 bridgehead atoms. The van der Waals surface area contributed by atoms with Crippen molar-refractivity contribution >= 4 is 16.1 Å². The molecule has 1 amide bonds. The quantitative estimate of drug-likeness (QED) is 0.830. The van der Waals surface area contributed by atoms with Crippen molar-refractivity contribution < 1.29 is 31.1 Å². The average Bonchev–Trinajstić information content (AvgIpc) is 2.43. The fourth-order valence-electron chi connectivity index (χ4n) is 1.96. The number of halogens is 3. The van der Waals surface area contributed by atoms with Crippen LogP contribution in [0.2, 0.25) is 0 Å². The molecule has 26 heavy (non-hydrogen) atoms. The van der Waals surface area contributed by atoms with E-state index in [-0.39, 0.29) is 5.56 Å². The van der Waals surface area contributed by atoms with E-state index in [9.17, 15) is 26.4 Å². The minimum absolute atomic E-state index is 0.0103. The molecule has 0 aliphatic carbocycles. The van der Waals surface area contributed by atoms with Gasteiger partial charge in [0.2, 0.25) is 10.0 Å². The van der Waals surface area contributed by atoms with Crippen LogP contribution in [-0.2, 0) is 20.9 Å². The van der Waals surface area contributed by atoms with Crippen molar-refractivity contribution in [3.05, 3.63) is 35.4 Å². The third-order valence-corrected chi connectivity index (χ3v) is 5.11. The van der Waals surface area contributed by atoms with Crippen LogP contribution in [0.1, 0.15) is 37.9 Å². The molecule has 1 atom stereocenters. The van der Waals surface area contributed by atoms with Gasteiger partial charge in [0, 0.05) is 14.1 Å². The summed E-state index contributed by atoms with van der Waals surface area (Å²) in [5, 5.41) is 2.35. The van der Waals surface area contributed by atoms with Gasteiger partial charge in [-0.25, -0.2) is 17.5 Å². The van der Waals surface area contributed by atoms with Gasteiger partial charge >= 0.3 is 12.3 Å². The van der Waals surface area contributed by atoms with Gasteiger partial charge in [-0.3, -0.25) is 0 Å².